The number of hydrogen-bond acceptors (Lipinski definition) is 3. The molecule has 2 rings (SSSR count). The fraction of sp³-hybridized carbons (Fsp3) is 0. The Kier molecular flexibility index (Phi) is 3.83. The Morgan fingerprint density at radius 2 is 1.79 bits per heavy atom. The summed E-state index contributed by atoms with van der Waals surface area (Å²) in [5.74, 6) is 0.114. The van der Waals surface area contributed by atoms with Crippen LogP contribution in [0.3, 0.4) is 0 Å². The number of halogens is 1. The van der Waals surface area contributed by atoms with Gasteiger partial charge in [-0.1, -0.05) is 0 Å². The lowest BCUT2D eigenvalue weighted by Gasteiger charge is -2.06. The van der Waals surface area contributed by atoms with Crippen LogP contribution in [0.15, 0.2) is 46.9 Å². The van der Waals surface area contributed by atoms with E-state index in [1.165, 1.54) is 12.1 Å². The molecule has 0 aromatic heterocycles. The lowest BCUT2D eigenvalue weighted by Crippen LogP contribution is -1.95. The van der Waals surface area contributed by atoms with E-state index in [0.29, 0.717) is 21.5 Å². The predicted octanol–water partition coefficient (Wildman–Crippen LogP) is 3.81. The molecule has 0 radical (unpaired) electrons. The summed E-state index contributed by atoms with van der Waals surface area (Å²) in [5, 5.41) is 17.6. The van der Waals surface area contributed by atoms with E-state index in [0.717, 1.165) is 0 Å². The highest BCUT2D eigenvalue weighted by atomic mass is 79.9. The van der Waals surface area contributed by atoms with Crippen molar-refractivity contribution in [2.45, 2.75) is 0 Å². The largest absolute Gasteiger partial charge is 0.478 e. The van der Waals surface area contributed by atoms with Gasteiger partial charge < -0.3 is 9.84 Å². The maximum atomic E-state index is 10.7. The highest BCUT2D eigenvalue weighted by Crippen LogP contribution is 2.26. The van der Waals surface area contributed by atoms with E-state index in [1.807, 2.05) is 6.07 Å². The molecule has 0 aliphatic heterocycles. The molecule has 0 atom stereocenters. The van der Waals surface area contributed by atoms with Crippen LogP contribution in [0.4, 0.5) is 0 Å². The zero-order chi connectivity index (χ0) is 13.8. The number of ether oxygens (including phenoxy) is 1. The molecular weight excluding hydrogens is 310 g/mol. The van der Waals surface area contributed by atoms with Crippen LogP contribution < -0.4 is 4.74 Å². The van der Waals surface area contributed by atoms with Crippen LogP contribution in [0.5, 0.6) is 11.5 Å². The van der Waals surface area contributed by atoms with E-state index in [9.17, 15) is 4.79 Å². The van der Waals surface area contributed by atoms with Gasteiger partial charge in [-0.2, -0.15) is 5.26 Å². The van der Waals surface area contributed by atoms with Gasteiger partial charge in [-0.25, -0.2) is 4.79 Å². The topological polar surface area (TPSA) is 70.3 Å². The highest BCUT2D eigenvalue weighted by molar-refractivity contribution is 9.10. The molecule has 0 spiro atoms. The van der Waals surface area contributed by atoms with Crippen LogP contribution in [-0.4, -0.2) is 11.1 Å². The fourth-order valence-electron chi connectivity index (χ4n) is 1.45. The van der Waals surface area contributed by atoms with Crippen molar-refractivity contribution in [1.29, 1.82) is 5.26 Å². The molecule has 0 heterocycles. The molecule has 0 bridgehead atoms. The normalized spacial score (nSPS) is 9.68. The van der Waals surface area contributed by atoms with E-state index in [-0.39, 0.29) is 5.56 Å². The smallest absolute Gasteiger partial charge is 0.335 e. The quantitative estimate of drug-likeness (QED) is 0.934. The summed E-state index contributed by atoms with van der Waals surface area (Å²) in [6.07, 6.45) is 0. The summed E-state index contributed by atoms with van der Waals surface area (Å²) in [6, 6.07) is 13.1. The molecule has 0 amide bonds. The van der Waals surface area contributed by atoms with Crippen molar-refractivity contribution in [3.8, 4) is 17.6 Å². The number of carboxylic acid groups (broad SMARTS) is 1. The van der Waals surface area contributed by atoms with E-state index < -0.39 is 5.97 Å². The maximum absolute atomic E-state index is 10.7. The lowest BCUT2D eigenvalue weighted by molar-refractivity contribution is 0.0697. The van der Waals surface area contributed by atoms with Crippen LogP contribution in [0, 0.1) is 11.3 Å². The van der Waals surface area contributed by atoms with Gasteiger partial charge in [-0.3, -0.25) is 0 Å². The minimum Gasteiger partial charge on any atom is -0.478 e. The summed E-state index contributed by atoms with van der Waals surface area (Å²) < 4.78 is 6.21. The average Bonchev–Trinajstić information content (AvgIpc) is 2.39. The zero-order valence-corrected chi connectivity index (χ0v) is 11.2. The van der Waals surface area contributed by atoms with Gasteiger partial charge in [-0.05, 0) is 58.4 Å². The van der Waals surface area contributed by atoms with Crippen molar-refractivity contribution in [2.24, 2.45) is 0 Å². The van der Waals surface area contributed by atoms with Gasteiger partial charge >= 0.3 is 5.97 Å². The van der Waals surface area contributed by atoms with E-state index in [1.54, 1.807) is 30.3 Å². The number of nitriles is 1. The number of carboxylic acids is 1. The molecule has 0 fully saturated rings. The third kappa shape index (κ3) is 3.12. The molecule has 0 aliphatic rings. The first-order chi connectivity index (χ1) is 9.10. The second-order valence-electron chi connectivity index (χ2n) is 3.69. The first kappa shape index (κ1) is 13.1. The monoisotopic (exact) mass is 317 g/mol. The van der Waals surface area contributed by atoms with E-state index in [2.05, 4.69) is 15.9 Å². The van der Waals surface area contributed by atoms with E-state index in [4.69, 9.17) is 15.1 Å². The molecule has 0 saturated heterocycles. The summed E-state index contributed by atoms with van der Waals surface area (Å²) in [6.45, 7) is 0. The number of nitrogens with zero attached hydrogens (tertiary/aromatic N) is 1. The number of rotatable bonds is 3. The van der Waals surface area contributed by atoms with Crippen LogP contribution in [0.1, 0.15) is 15.9 Å². The molecule has 2 aromatic rings. The first-order valence-electron chi connectivity index (χ1n) is 5.31. The molecule has 4 nitrogen and oxygen atoms in total. The zero-order valence-electron chi connectivity index (χ0n) is 9.63. The van der Waals surface area contributed by atoms with Gasteiger partial charge in [0.05, 0.1) is 11.1 Å². The molecule has 0 aliphatic carbocycles. The van der Waals surface area contributed by atoms with Gasteiger partial charge in [-0.15, -0.1) is 0 Å². The maximum Gasteiger partial charge on any atom is 0.335 e. The molecule has 94 valence electrons. The Morgan fingerprint density at radius 1 is 1.16 bits per heavy atom. The van der Waals surface area contributed by atoms with Gasteiger partial charge in [0.15, 0.2) is 0 Å². The molecule has 19 heavy (non-hydrogen) atoms. The van der Waals surface area contributed by atoms with Crippen molar-refractivity contribution in [3.05, 3.63) is 58.1 Å². The Bertz CT molecular complexity index is 659. The summed E-state index contributed by atoms with van der Waals surface area (Å²) in [4.78, 5) is 10.7. The van der Waals surface area contributed by atoms with Crippen molar-refractivity contribution in [2.75, 3.05) is 0 Å². The number of aromatic carboxylic acids is 1. The molecule has 1 N–H and O–H groups in total. The molecule has 0 unspecified atom stereocenters. The Balaban J connectivity index is 2.19. The van der Waals surface area contributed by atoms with E-state index >= 15 is 0 Å². The number of carbonyl (C=O) groups is 1. The van der Waals surface area contributed by atoms with Gasteiger partial charge in [0.2, 0.25) is 0 Å². The first-order valence-corrected chi connectivity index (χ1v) is 6.10. The number of benzene rings is 2. The van der Waals surface area contributed by atoms with Gasteiger partial charge in [0, 0.05) is 4.47 Å². The van der Waals surface area contributed by atoms with Gasteiger partial charge in [0.1, 0.15) is 17.6 Å². The molecule has 5 heteroatoms. The third-order valence-corrected chi connectivity index (χ3v) is 3.05. The van der Waals surface area contributed by atoms with Crippen LogP contribution in [0.2, 0.25) is 0 Å². The second kappa shape index (κ2) is 5.55. The summed E-state index contributed by atoms with van der Waals surface area (Å²) >= 11 is 3.27. The van der Waals surface area contributed by atoms with Crippen molar-refractivity contribution in [3.63, 3.8) is 0 Å². The minimum absolute atomic E-state index is 0.202. The Morgan fingerprint density at radius 3 is 2.32 bits per heavy atom. The molecule has 2 aromatic carbocycles. The van der Waals surface area contributed by atoms with Crippen molar-refractivity contribution < 1.29 is 14.6 Å². The lowest BCUT2D eigenvalue weighted by atomic mass is 10.2. The van der Waals surface area contributed by atoms with Crippen molar-refractivity contribution in [1.82, 2.24) is 0 Å². The molecular formula is C14H8BrNO3. The van der Waals surface area contributed by atoms with Gasteiger partial charge in [0.25, 0.3) is 0 Å². The van der Waals surface area contributed by atoms with Crippen LogP contribution >= 0.6 is 15.9 Å². The third-order valence-electron chi connectivity index (χ3n) is 2.40. The minimum atomic E-state index is -0.979. The standard InChI is InChI=1S/C14H8BrNO3/c15-13-7-12(6-3-10(13)8-16)19-11-4-1-9(2-5-11)14(17)18/h1-7H,(H,17,18). The van der Waals surface area contributed by atoms with Crippen LogP contribution in [-0.2, 0) is 0 Å². The SMILES string of the molecule is N#Cc1ccc(Oc2ccc(C(=O)O)cc2)cc1Br. The Labute approximate surface area is 118 Å². The molecule has 0 saturated carbocycles. The fourth-order valence-corrected chi connectivity index (χ4v) is 1.90. The highest BCUT2D eigenvalue weighted by Gasteiger charge is 2.05. The van der Waals surface area contributed by atoms with Crippen LogP contribution in [0.25, 0.3) is 0 Å². The second-order valence-corrected chi connectivity index (χ2v) is 4.54. The predicted molar refractivity (Wildman–Crippen MR) is 72.3 cm³/mol. The summed E-state index contributed by atoms with van der Waals surface area (Å²) in [5.41, 5.74) is 0.724. The van der Waals surface area contributed by atoms with Crippen molar-refractivity contribution >= 4 is 21.9 Å². The number of hydrogen-bond donors (Lipinski definition) is 1. The summed E-state index contributed by atoms with van der Waals surface area (Å²) in [7, 11) is 0. The average molecular weight is 318 g/mol. The Hall–Kier alpha value is -2.32.